The van der Waals surface area contributed by atoms with Crippen molar-refractivity contribution in [2.24, 2.45) is 7.05 Å². The molecule has 0 radical (unpaired) electrons. The Balaban J connectivity index is 1.48. The number of anilines is 1. The first kappa shape index (κ1) is 15.1. The minimum atomic E-state index is -0.0902. The second-order valence-electron chi connectivity index (χ2n) is 5.22. The first-order chi connectivity index (χ1) is 11.7. The van der Waals surface area contributed by atoms with E-state index in [-0.39, 0.29) is 11.7 Å². The van der Waals surface area contributed by atoms with Crippen LogP contribution >= 0.6 is 23.5 Å². The van der Waals surface area contributed by atoms with Crippen LogP contribution in [0.3, 0.4) is 0 Å². The Morgan fingerprint density at radius 2 is 2.00 bits per heavy atom. The van der Waals surface area contributed by atoms with Gasteiger partial charge in [-0.25, -0.2) is 4.98 Å². The summed E-state index contributed by atoms with van der Waals surface area (Å²) in [6.07, 6.45) is 0. The molecule has 1 N–H and O–H groups in total. The summed E-state index contributed by atoms with van der Waals surface area (Å²) in [5.41, 5.74) is 4.20. The summed E-state index contributed by atoms with van der Waals surface area (Å²) >= 11 is 2.55. The molecule has 4 rings (SSSR count). The highest BCUT2D eigenvalue weighted by Gasteiger charge is 2.12. The first-order valence-electron chi connectivity index (χ1n) is 7.28. The van der Waals surface area contributed by atoms with Gasteiger partial charge in [0.15, 0.2) is 5.16 Å². The Kier molecular flexibility index (Phi) is 3.91. The Labute approximate surface area is 146 Å². The molecule has 0 saturated heterocycles. The summed E-state index contributed by atoms with van der Waals surface area (Å²) in [7, 11) is 1.96. The number of fused-ring (bicyclic) bond motifs is 2. The van der Waals surface area contributed by atoms with Crippen LogP contribution in [0.1, 0.15) is 0 Å². The molecule has 0 fully saturated rings. The number of nitrogens with zero attached hydrogens (tertiary/aromatic N) is 4. The minimum absolute atomic E-state index is 0.0902. The molecule has 0 spiro atoms. The third-order valence-electron chi connectivity index (χ3n) is 3.64. The Hall–Kier alpha value is -2.45. The third-order valence-corrected chi connectivity index (χ3v) is 5.21. The van der Waals surface area contributed by atoms with E-state index < -0.39 is 0 Å². The highest BCUT2D eigenvalue weighted by atomic mass is 32.2. The molecule has 8 heteroatoms. The fourth-order valence-electron chi connectivity index (χ4n) is 2.48. The van der Waals surface area contributed by atoms with Gasteiger partial charge in [0.25, 0.3) is 0 Å². The van der Waals surface area contributed by atoms with Crippen molar-refractivity contribution in [3.05, 3.63) is 42.5 Å². The number of hydrogen-bond acceptors (Lipinski definition) is 6. The number of carbonyl (C=O) groups excluding carboxylic acids is 1. The van der Waals surface area contributed by atoms with Crippen molar-refractivity contribution in [2.45, 2.75) is 5.16 Å². The molecule has 2 aromatic carbocycles. The zero-order valence-corrected chi connectivity index (χ0v) is 14.4. The predicted octanol–water partition coefficient (Wildman–Crippen LogP) is 3.31. The van der Waals surface area contributed by atoms with Crippen molar-refractivity contribution >= 4 is 57.2 Å². The van der Waals surface area contributed by atoms with Gasteiger partial charge in [-0.1, -0.05) is 30.0 Å². The summed E-state index contributed by atoms with van der Waals surface area (Å²) in [4.78, 5) is 16.8. The fraction of sp³-hybridized carbons (Fsp3) is 0.125. The average Bonchev–Trinajstić information content (AvgIpc) is 3.19. The van der Waals surface area contributed by atoms with Crippen LogP contribution in [0.5, 0.6) is 0 Å². The minimum Gasteiger partial charge on any atom is -0.323 e. The van der Waals surface area contributed by atoms with Crippen molar-refractivity contribution in [3.8, 4) is 0 Å². The van der Waals surface area contributed by atoms with Gasteiger partial charge in [0.05, 0.1) is 34.2 Å². The number of aromatic nitrogens is 4. The standard InChI is InChI=1S/C16H13N5OS2/c1-21-13-8-3-2-5-10(13)18-16(21)23-9-14(22)17-11-6-4-7-12-15(11)20-24-19-12/h2-8H,9H2,1H3,(H,17,22). The Bertz CT molecular complexity index is 1040. The van der Waals surface area contributed by atoms with Crippen LogP contribution in [-0.4, -0.2) is 30.0 Å². The maximum Gasteiger partial charge on any atom is 0.234 e. The van der Waals surface area contributed by atoms with Crippen LogP contribution in [0, 0.1) is 0 Å². The summed E-state index contributed by atoms with van der Waals surface area (Å²) < 4.78 is 10.4. The Morgan fingerprint density at radius 3 is 2.88 bits per heavy atom. The number of nitrogens with one attached hydrogen (secondary N) is 1. The smallest absolute Gasteiger partial charge is 0.234 e. The Morgan fingerprint density at radius 1 is 1.17 bits per heavy atom. The van der Waals surface area contributed by atoms with Crippen molar-refractivity contribution in [3.63, 3.8) is 0 Å². The lowest BCUT2D eigenvalue weighted by atomic mass is 10.2. The number of amides is 1. The van der Waals surface area contributed by atoms with Gasteiger partial charge in [-0.3, -0.25) is 4.79 Å². The number of aryl methyl sites for hydroxylation is 1. The van der Waals surface area contributed by atoms with E-state index in [1.165, 1.54) is 11.8 Å². The number of benzene rings is 2. The molecule has 0 bridgehead atoms. The second-order valence-corrected chi connectivity index (χ2v) is 6.69. The summed E-state index contributed by atoms with van der Waals surface area (Å²) in [5, 5.41) is 3.72. The van der Waals surface area contributed by atoms with Gasteiger partial charge in [-0.15, -0.1) is 0 Å². The van der Waals surface area contributed by atoms with Crippen LogP contribution in [0.25, 0.3) is 22.1 Å². The summed E-state index contributed by atoms with van der Waals surface area (Å²) in [6, 6.07) is 13.5. The zero-order chi connectivity index (χ0) is 16.5. The van der Waals surface area contributed by atoms with Crippen LogP contribution in [-0.2, 0) is 11.8 Å². The second kappa shape index (κ2) is 6.21. The molecule has 4 aromatic rings. The summed E-state index contributed by atoms with van der Waals surface area (Å²) in [5.74, 6) is 0.193. The van der Waals surface area contributed by atoms with Gasteiger partial charge in [0.1, 0.15) is 11.0 Å². The average molecular weight is 355 g/mol. The molecular weight excluding hydrogens is 342 g/mol. The van der Waals surface area contributed by atoms with Crippen molar-refractivity contribution < 1.29 is 4.79 Å². The van der Waals surface area contributed by atoms with Crippen molar-refractivity contribution in [1.29, 1.82) is 0 Å². The van der Waals surface area contributed by atoms with Gasteiger partial charge in [0.2, 0.25) is 5.91 Å². The molecule has 0 atom stereocenters. The van der Waals surface area contributed by atoms with Gasteiger partial charge in [-0.2, -0.15) is 8.75 Å². The molecule has 24 heavy (non-hydrogen) atoms. The van der Waals surface area contributed by atoms with Gasteiger partial charge >= 0.3 is 0 Å². The third kappa shape index (κ3) is 2.74. The van der Waals surface area contributed by atoms with E-state index in [0.717, 1.165) is 39.0 Å². The van der Waals surface area contributed by atoms with E-state index in [4.69, 9.17) is 0 Å². The van der Waals surface area contributed by atoms with E-state index in [1.807, 2.05) is 54.1 Å². The van der Waals surface area contributed by atoms with Crippen molar-refractivity contribution in [2.75, 3.05) is 11.1 Å². The van der Waals surface area contributed by atoms with E-state index >= 15 is 0 Å². The number of rotatable bonds is 4. The lowest BCUT2D eigenvalue weighted by Gasteiger charge is -2.05. The number of carbonyl (C=O) groups is 1. The molecule has 120 valence electrons. The molecule has 0 aliphatic heterocycles. The van der Waals surface area contributed by atoms with Crippen LogP contribution < -0.4 is 5.32 Å². The largest absolute Gasteiger partial charge is 0.323 e. The van der Waals surface area contributed by atoms with E-state index in [2.05, 4.69) is 19.0 Å². The molecule has 0 unspecified atom stereocenters. The molecule has 2 heterocycles. The molecule has 0 aliphatic carbocycles. The number of hydrogen-bond donors (Lipinski definition) is 1. The van der Waals surface area contributed by atoms with Crippen molar-refractivity contribution in [1.82, 2.24) is 18.3 Å². The van der Waals surface area contributed by atoms with E-state index in [0.29, 0.717) is 5.69 Å². The quantitative estimate of drug-likeness (QED) is 0.569. The maximum absolute atomic E-state index is 12.3. The first-order valence-corrected chi connectivity index (χ1v) is 8.99. The number of imidazole rings is 1. The normalized spacial score (nSPS) is 11.2. The predicted molar refractivity (Wildman–Crippen MR) is 97.5 cm³/mol. The van der Waals surface area contributed by atoms with E-state index in [9.17, 15) is 4.79 Å². The fourth-order valence-corrected chi connectivity index (χ4v) is 3.81. The van der Waals surface area contributed by atoms with Crippen LogP contribution in [0.2, 0.25) is 0 Å². The topological polar surface area (TPSA) is 72.7 Å². The lowest BCUT2D eigenvalue weighted by Crippen LogP contribution is -2.14. The number of thioether (sulfide) groups is 1. The summed E-state index contributed by atoms with van der Waals surface area (Å²) in [6.45, 7) is 0. The monoisotopic (exact) mass is 355 g/mol. The molecule has 1 amide bonds. The zero-order valence-electron chi connectivity index (χ0n) is 12.8. The highest BCUT2D eigenvalue weighted by molar-refractivity contribution is 7.99. The molecule has 2 aromatic heterocycles. The molecule has 0 saturated carbocycles. The highest BCUT2D eigenvalue weighted by Crippen LogP contribution is 2.24. The van der Waals surface area contributed by atoms with Crippen LogP contribution in [0.15, 0.2) is 47.6 Å². The molecular formula is C16H13N5OS2. The SMILES string of the molecule is Cn1c(SCC(=O)Nc2cccc3nsnc23)nc2ccccc21. The van der Waals surface area contributed by atoms with Gasteiger partial charge < -0.3 is 9.88 Å². The molecule has 0 aliphatic rings. The number of para-hydroxylation sites is 2. The van der Waals surface area contributed by atoms with Gasteiger partial charge in [0, 0.05) is 7.05 Å². The lowest BCUT2D eigenvalue weighted by molar-refractivity contribution is -0.113. The maximum atomic E-state index is 12.3. The van der Waals surface area contributed by atoms with E-state index in [1.54, 1.807) is 0 Å². The van der Waals surface area contributed by atoms with Gasteiger partial charge in [-0.05, 0) is 24.3 Å². The van der Waals surface area contributed by atoms with Crippen LogP contribution in [0.4, 0.5) is 5.69 Å². The molecule has 6 nitrogen and oxygen atoms in total.